The third kappa shape index (κ3) is 8.37. The smallest absolute Gasteiger partial charge is 0.317 e. The summed E-state index contributed by atoms with van der Waals surface area (Å²) in [6.07, 6.45) is 7.60. The lowest BCUT2D eigenvalue weighted by atomic mass is 10.1. The fourth-order valence-electron chi connectivity index (χ4n) is 1.99. The Morgan fingerprint density at radius 2 is 1.56 bits per heavy atom. The molecule has 0 aliphatic heterocycles. The van der Waals surface area contributed by atoms with E-state index in [9.17, 15) is 4.79 Å². The van der Waals surface area contributed by atoms with Crippen LogP contribution in [0.25, 0.3) is 0 Å². The number of nitrogens with one attached hydrogen (secondary N) is 1. The summed E-state index contributed by atoms with van der Waals surface area (Å²) < 4.78 is 0. The zero-order valence-electron chi connectivity index (χ0n) is 13.0. The quantitative estimate of drug-likeness (QED) is 0.617. The Hall–Kier alpha value is -0.730. The summed E-state index contributed by atoms with van der Waals surface area (Å²) in [6.45, 7) is 11.3. The molecule has 18 heavy (non-hydrogen) atoms. The first-order valence-electron chi connectivity index (χ1n) is 7.56. The van der Waals surface area contributed by atoms with Gasteiger partial charge in [-0.15, -0.1) is 0 Å². The van der Waals surface area contributed by atoms with E-state index in [0.717, 1.165) is 13.0 Å². The zero-order valence-corrected chi connectivity index (χ0v) is 13.0. The fourth-order valence-corrected chi connectivity index (χ4v) is 1.99. The van der Waals surface area contributed by atoms with Crippen LogP contribution in [-0.4, -0.2) is 29.6 Å². The first kappa shape index (κ1) is 17.3. The molecule has 0 saturated carbocycles. The van der Waals surface area contributed by atoms with Gasteiger partial charge >= 0.3 is 6.03 Å². The lowest BCUT2D eigenvalue weighted by Crippen LogP contribution is -2.46. The molecule has 3 heteroatoms. The summed E-state index contributed by atoms with van der Waals surface area (Å²) in [5, 5.41) is 2.97. The van der Waals surface area contributed by atoms with Crippen molar-refractivity contribution < 1.29 is 4.79 Å². The second-order valence-corrected chi connectivity index (χ2v) is 5.66. The molecule has 0 radical (unpaired) electrons. The molecule has 0 aliphatic rings. The van der Waals surface area contributed by atoms with E-state index in [0.29, 0.717) is 0 Å². The number of urea groups is 1. The number of carbonyl (C=O) groups excluding carboxylic acids is 1. The standard InChI is InChI=1S/C15H32N2O/c1-6-7-8-9-10-11-12-17(14(4)5)15(18)16-13(2)3/h13-14H,6-12H2,1-5H3,(H,16,18). The summed E-state index contributed by atoms with van der Waals surface area (Å²) in [7, 11) is 0. The van der Waals surface area contributed by atoms with E-state index in [4.69, 9.17) is 0 Å². The van der Waals surface area contributed by atoms with Crippen LogP contribution < -0.4 is 5.32 Å². The predicted octanol–water partition coefficient (Wildman–Crippen LogP) is 4.18. The van der Waals surface area contributed by atoms with Crippen LogP contribution in [0.3, 0.4) is 0 Å². The minimum absolute atomic E-state index is 0.0774. The number of nitrogens with zero attached hydrogens (tertiary/aromatic N) is 1. The summed E-state index contributed by atoms with van der Waals surface area (Å²) in [6, 6.07) is 0.566. The van der Waals surface area contributed by atoms with Crippen LogP contribution in [-0.2, 0) is 0 Å². The van der Waals surface area contributed by atoms with Crippen molar-refractivity contribution in [3.63, 3.8) is 0 Å². The topological polar surface area (TPSA) is 32.3 Å². The van der Waals surface area contributed by atoms with Crippen molar-refractivity contribution in [1.29, 1.82) is 0 Å². The first-order chi connectivity index (χ1) is 8.49. The number of unbranched alkanes of at least 4 members (excludes halogenated alkanes) is 5. The lowest BCUT2D eigenvalue weighted by Gasteiger charge is -2.28. The summed E-state index contributed by atoms with van der Waals surface area (Å²) >= 11 is 0. The van der Waals surface area contributed by atoms with Crippen LogP contribution in [0.2, 0.25) is 0 Å². The van der Waals surface area contributed by atoms with E-state index in [2.05, 4.69) is 26.1 Å². The number of hydrogen-bond donors (Lipinski definition) is 1. The number of hydrogen-bond acceptors (Lipinski definition) is 1. The van der Waals surface area contributed by atoms with Crippen LogP contribution in [0.15, 0.2) is 0 Å². The van der Waals surface area contributed by atoms with Gasteiger partial charge in [-0.05, 0) is 34.1 Å². The van der Waals surface area contributed by atoms with Gasteiger partial charge in [-0.2, -0.15) is 0 Å². The highest BCUT2D eigenvalue weighted by Gasteiger charge is 2.16. The van der Waals surface area contributed by atoms with E-state index < -0.39 is 0 Å². The Balaban J connectivity index is 3.87. The van der Waals surface area contributed by atoms with Crippen LogP contribution >= 0.6 is 0 Å². The van der Waals surface area contributed by atoms with Crippen LogP contribution in [0.1, 0.15) is 73.1 Å². The third-order valence-electron chi connectivity index (χ3n) is 3.05. The summed E-state index contributed by atoms with van der Waals surface area (Å²) in [5.74, 6) is 0. The largest absolute Gasteiger partial charge is 0.336 e. The van der Waals surface area contributed by atoms with Gasteiger partial charge in [-0.1, -0.05) is 39.0 Å². The SMILES string of the molecule is CCCCCCCCN(C(=O)NC(C)C)C(C)C. The van der Waals surface area contributed by atoms with Crippen LogP contribution in [0, 0.1) is 0 Å². The first-order valence-corrected chi connectivity index (χ1v) is 7.56. The number of rotatable bonds is 9. The highest BCUT2D eigenvalue weighted by atomic mass is 16.2. The average Bonchev–Trinajstić information content (AvgIpc) is 2.26. The number of carbonyl (C=O) groups is 1. The molecule has 0 aromatic heterocycles. The van der Waals surface area contributed by atoms with Crippen molar-refractivity contribution >= 4 is 6.03 Å². The number of amides is 2. The molecule has 0 unspecified atom stereocenters. The Morgan fingerprint density at radius 1 is 1.00 bits per heavy atom. The third-order valence-corrected chi connectivity index (χ3v) is 3.05. The molecular weight excluding hydrogens is 224 g/mol. The zero-order chi connectivity index (χ0) is 14.0. The summed E-state index contributed by atoms with van der Waals surface area (Å²) in [4.78, 5) is 13.9. The Morgan fingerprint density at radius 3 is 2.06 bits per heavy atom. The maximum atomic E-state index is 12.0. The molecule has 0 aliphatic carbocycles. The molecule has 0 bridgehead atoms. The molecule has 0 heterocycles. The van der Waals surface area contributed by atoms with E-state index in [1.165, 1.54) is 32.1 Å². The molecule has 0 aromatic rings. The highest BCUT2D eigenvalue weighted by molar-refractivity contribution is 5.74. The minimum Gasteiger partial charge on any atom is -0.336 e. The predicted molar refractivity (Wildman–Crippen MR) is 78.9 cm³/mol. The van der Waals surface area contributed by atoms with Gasteiger partial charge in [0.2, 0.25) is 0 Å². The van der Waals surface area contributed by atoms with Gasteiger partial charge < -0.3 is 10.2 Å². The van der Waals surface area contributed by atoms with Gasteiger partial charge in [0.1, 0.15) is 0 Å². The minimum atomic E-state index is 0.0774. The molecule has 0 rings (SSSR count). The van der Waals surface area contributed by atoms with Crippen LogP contribution in [0.4, 0.5) is 4.79 Å². The van der Waals surface area contributed by atoms with E-state index in [1.807, 2.05) is 18.7 Å². The van der Waals surface area contributed by atoms with Gasteiger partial charge in [-0.3, -0.25) is 0 Å². The van der Waals surface area contributed by atoms with Gasteiger partial charge in [0.15, 0.2) is 0 Å². The van der Waals surface area contributed by atoms with Crippen molar-refractivity contribution in [1.82, 2.24) is 10.2 Å². The molecule has 0 aromatic carbocycles. The fraction of sp³-hybridized carbons (Fsp3) is 0.933. The molecule has 1 N–H and O–H groups in total. The Labute approximate surface area is 113 Å². The van der Waals surface area contributed by atoms with Crippen molar-refractivity contribution in [3.8, 4) is 0 Å². The monoisotopic (exact) mass is 256 g/mol. The Bertz CT molecular complexity index is 215. The maximum Gasteiger partial charge on any atom is 0.317 e. The lowest BCUT2D eigenvalue weighted by molar-refractivity contribution is 0.179. The second kappa shape index (κ2) is 10.2. The highest BCUT2D eigenvalue weighted by Crippen LogP contribution is 2.08. The average molecular weight is 256 g/mol. The van der Waals surface area contributed by atoms with E-state index in [1.54, 1.807) is 0 Å². The van der Waals surface area contributed by atoms with Crippen molar-refractivity contribution in [3.05, 3.63) is 0 Å². The van der Waals surface area contributed by atoms with Crippen LogP contribution in [0.5, 0.6) is 0 Å². The Kier molecular flexibility index (Phi) is 9.80. The van der Waals surface area contributed by atoms with E-state index >= 15 is 0 Å². The normalized spacial score (nSPS) is 11.1. The van der Waals surface area contributed by atoms with Crippen molar-refractivity contribution in [2.45, 2.75) is 85.2 Å². The molecule has 0 saturated heterocycles. The molecule has 108 valence electrons. The van der Waals surface area contributed by atoms with Gasteiger partial charge in [0, 0.05) is 18.6 Å². The van der Waals surface area contributed by atoms with Crippen molar-refractivity contribution in [2.75, 3.05) is 6.54 Å². The van der Waals surface area contributed by atoms with Crippen molar-refractivity contribution in [2.24, 2.45) is 0 Å². The molecule has 2 amide bonds. The summed E-state index contributed by atoms with van der Waals surface area (Å²) in [5.41, 5.74) is 0. The van der Waals surface area contributed by atoms with Gasteiger partial charge in [0.05, 0.1) is 0 Å². The molecule has 0 atom stereocenters. The molecule has 3 nitrogen and oxygen atoms in total. The molecular formula is C15H32N2O. The van der Waals surface area contributed by atoms with Gasteiger partial charge in [-0.25, -0.2) is 4.79 Å². The molecule has 0 fully saturated rings. The molecule has 0 spiro atoms. The second-order valence-electron chi connectivity index (χ2n) is 5.66. The maximum absolute atomic E-state index is 12.0. The van der Waals surface area contributed by atoms with Gasteiger partial charge in [0.25, 0.3) is 0 Å². The van der Waals surface area contributed by atoms with E-state index in [-0.39, 0.29) is 18.1 Å².